The number of nitrogens with one attached hydrogen (secondary N) is 3. The third kappa shape index (κ3) is 2.04. The van der Waals surface area contributed by atoms with Crippen LogP contribution in [0, 0.1) is 0 Å². The molecule has 0 radical (unpaired) electrons. The van der Waals surface area contributed by atoms with Crippen molar-refractivity contribution in [2.24, 2.45) is 0 Å². The smallest absolute Gasteiger partial charge is 0.273 e. The predicted octanol–water partition coefficient (Wildman–Crippen LogP) is 0.209. The summed E-state index contributed by atoms with van der Waals surface area (Å²) in [4.78, 5) is 11.8. The standard InChI is InChI=1S/C11H17N5O/c17-10(9-7-13-16-15-9)14-8-2-5-12-11(6-8)3-1-4-11/h7-8,12H,1-6H2,(H,14,17)(H,13,15,16). The van der Waals surface area contributed by atoms with E-state index in [2.05, 4.69) is 26.0 Å². The number of H-pyrrole nitrogens is 1. The van der Waals surface area contributed by atoms with Gasteiger partial charge in [0.05, 0.1) is 6.20 Å². The van der Waals surface area contributed by atoms with Crippen LogP contribution in [0.5, 0.6) is 0 Å². The van der Waals surface area contributed by atoms with Gasteiger partial charge in [-0.3, -0.25) is 4.79 Å². The van der Waals surface area contributed by atoms with Crippen molar-refractivity contribution in [2.75, 3.05) is 6.54 Å². The summed E-state index contributed by atoms with van der Waals surface area (Å²) in [6.45, 7) is 0.990. The number of hydrogen-bond acceptors (Lipinski definition) is 4. The molecule has 1 aliphatic heterocycles. The number of rotatable bonds is 2. The first-order valence-corrected chi connectivity index (χ1v) is 6.19. The highest BCUT2D eigenvalue weighted by atomic mass is 16.2. The van der Waals surface area contributed by atoms with E-state index in [1.807, 2.05) is 0 Å². The highest BCUT2D eigenvalue weighted by Crippen LogP contribution is 2.38. The molecule has 2 fully saturated rings. The van der Waals surface area contributed by atoms with Crippen LogP contribution in [-0.4, -0.2) is 39.4 Å². The maximum Gasteiger partial charge on any atom is 0.273 e. The minimum atomic E-state index is -0.125. The Kier molecular flexibility index (Phi) is 2.58. The van der Waals surface area contributed by atoms with Crippen molar-refractivity contribution in [1.82, 2.24) is 26.0 Å². The van der Waals surface area contributed by atoms with Crippen molar-refractivity contribution >= 4 is 5.91 Å². The molecule has 1 aromatic heterocycles. The topological polar surface area (TPSA) is 82.7 Å². The summed E-state index contributed by atoms with van der Waals surface area (Å²) in [5, 5.41) is 16.5. The van der Waals surface area contributed by atoms with Gasteiger partial charge in [-0.15, -0.1) is 0 Å². The van der Waals surface area contributed by atoms with E-state index in [-0.39, 0.29) is 11.9 Å². The lowest BCUT2D eigenvalue weighted by Crippen LogP contribution is -2.59. The molecule has 1 saturated heterocycles. The average Bonchev–Trinajstić information content (AvgIpc) is 2.81. The molecule has 3 N–H and O–H groups in total. The second-order valence-corrected chi connectivity index (χ2v) is 5.08. The predicted molar refractivity (Wildman–Crippen MR) is 61.5 cm³/mol. The molecule has 0 aromatic carbocycles. The Bertz CT molecular complexity index is 398. The number of carbonyl (C=O) groups excluding carboxylic acids is 1. The van der Waals surface area contributed by atoms with Crippen LogP contribution in [0.2, 0.25) is 0 Å². The molecule has 3 rings (SSSR count). The molecule has 1 spiro atoms. The quantitative estimate of drug-likeness (QED) is 0.684. The molecular weight excluding hydrogens is 218 g/mol. The molecule has 17 heavy (non-hydrogen) atoms. The van der Waals surface area contributed by atoms with Crippen molar-refractivity contribution in [2.45, 2.75) is 43.7 Å². The third-order valence-corrected chi connectivity index (χ3v) is 3.92. The largest absolute Gasteiger partial charge is 0.348 e. The zero-order chi connectivity index (χ0) is 11.7. The van der Waals surface area contributed by atoms with Crippen LogP contribution >= 0.6 is 0 Å². The number of aromatic nitrogens is 3. The monoisotopic (exact) mass is 235 g/mol. The van der Waals surface area contributed by atoms with Crippen molar-refractivity contribution < 1.29 is 4.79 Å². The molecule has 1 aromatic rings. The summed E-state index contributed by atoms with van der Waals surface area (Å²) in [6, 6.07) is 0.265. The first kappa shape index (κ1) is 10.7. The zero-order valence-electron chi connectivity index (χ0n) is 9.70. The number of piperidine rings is 1. The molecule has 6 heteroatoms. The molecule has 0 bridgehead atoms. The number of hydrogen-bond donors (Lipinski definition) is 3. The Morgan fingerprint density at radius 3 is 3.06 bits per heavy atom. The van der Waals surface area contributed by atoms with Crippen LogP contribution in [0.1, 0.15) is 42.6 Å². The summed E-state index contributed by atoms with van der Waals surface area (Å²) in [6.07, 6.45) is 7.26. The maximum atomic E-state index is 11.8. The fraction of sp³-hybridized carbons (Fsp3) is 0.727. The van der Waals surface area contributed by atoms with Gasteiger partial charge >= 0.3 is 0 Å². The van der Waals surface area contributed by atoms with Crippen LogP contribution in [0.15, 0.2) is 6.20 Å². The Morgan fingerprint density at radius 1 is 1.53 bits per heavy atom. The zero-order valence-corrected chi connectivity index (χ0v) is 9.70. The van der Waals surface area contributed by atoms with Crippen LogP contribution in [0.25, 0.3) is 0 Å². The number of amides is 1. The lowest BCUT2D eigenvalue weighted by molar-refractivity contribution is 0.0848. The van der Waals surface area contributed by atoms with Crippen molar-refractivity contribution in [1.29, 1.82) is 0 Å². The second-order valence-electron chi connectivity index (χ2n) is 5.08. The molecule has 6 nitrogen and oxygen atoms in total. The minimum Gasteiger partial charge on any atom is -0.348 e. The van der Waals surface area contributed by atoms with Crippen LogP contribution in [0.3, 0.4) is 0 Å². The molecular formula is C11H17N5O. The second kappa shape index (κ2) is 4.10. The molecule has 2 aliphatic rings. The fourth-order valence-electron chi connectivity index (χ4n) is 2.84. The van der Waals surface area contributed by atoms with E-state index in [9.17, 15) is 4.79 Å². The summed E-state index contributed by atoms with van der Waals surface area (Å²) in [5.74, 6) is -0.125. The lowest BCUT2D eigenvalue weighted by atomic mass is 9.70. The SMILES string of the molecule is O=C(NC1CCNC2(CCC2)C1)c1cn[nH]n1. The molecule has 1 amide bonds. The van der Waals surface area contributed by atoms with E-state index in [0.29, 0.717) is 11.2 Å². The Hall–Kier alpha value is -1.43. The lowest BCUT2D eigenvalue weighted by Gasteiger charge is -2.48. The van der Waals surface area contributed by atoms with E-state index in [1.165, 1.54) is 25.5 Å². The molecule has 1 unspecified atom stereocenters. The number of nitrogens with zero attached hydrogens (tertiary/aromatic N) is 2. The number of carbonyl (C=O) groups is 1. The van der Waals surface area contributed by atoms with Gasteiger partial charge in [0.25, 0.3) is 5.91 Å². The van der Waals surface area contributed by atoms with Crippen LogP contribution in [-0.2, 0) is 0 Å². The van der Waals surface area contributed by atoms with Gasteiger partial charge in [0.2, 0.25) is 0 Å². The van der Waals surface area contributed by atoms with Gasteiger partial charge in [-0.2, -0.15) is 15.4 Å². The van der Waals surface area contributed by atoms with Gasteiger partial charge in [0, 0.05) is 11.6 Å². The van der Waals surface area contributed by atoms with Crippen molar-refractivity contribution in [3.63, 3.8) is 0 Å². The van der Waals surface area contributed by atoms with Gasteiger partial charge in [-0.25, -0.2) is 0 Å². The van der Waals surface area contributed by atoms with Crippen molar-refractivity contribution in [3.05, 3.63) is 11.9 Å². The molecule has 1 saturated carbocycles. The summed E-state index contributed by atoms with van der Waals surface area (Å²) in [7, 11) is 0. The highest BCUT2D eigenvalue weighted by molar-refractivity contribution is 5.92. The minimum absolute atomic E-state index is 0.125. The van der Waals surface area contributed by atoms with E-state index in [1.54, 1.807) is 0 Å². The average molecular weight is 235 g/mol. The van der Waals surface area contributed by atoms with Crippen LogP contribution < -0.4 is 10.6 Å². The summed E-state index contributed by atoms with van der Waals surface area (Å²) in [5.41, 5.74) is 0.672. The molecule has 92 valence electrons. The highest BCUT2D eigenvalue weighted by Gasteiger charge is 2.41. The van der Waals surface area contributed by atoms with E-state index in [4.69, 9.17) is 0 Å². The van der Waals surface area contributed by atoms with E-state index < -0.39 is 0 Å². The van der Waals surface area contributed by atoms with Gasteiger partial charge < -0.3 is 10.6 Å². The Morgan fingerprint density at radius 2 is 2.41 bits per heavy atom. The summed E-state index contributed by atoms with van der Waals surface area (Å²) >= 11 is 0. The molecule has 2 heterocycles. The molecule has 1 atom stereocenters. The van der Waals surface area contributed by atoms with Crippen LogP contribution in [0.4, 0.5) is 0 Å². The summed E-state index contributed by atoms with van der Waals surface area (Å²) < 4.78 is 0. The van der Waals surface area contributed by atoms with Gasteiger partial charge in [0.1, 0.15) is 0 Å². The molecule has 1 aliphatic carbocycles. The van der Waals surface area contributed by atoms with Gasteiger partial charge in [-0.1, -0.05) is 0 Å². The number of aromatic amines is 1. The van der Waals surface area contributed by atoms with E-state index in [0.717, 1.165) is 19.4 Å². The van der Waals surface area contributed by atoms with Gasteiger partial charge in [-0.05, 0) is 38.6 Å². The van der Waals surface area contributed by atoms with E-state index >= 15 is 0 Å². The first-order valence-electron chi connectivity index (χ1n) is 6.19. The Balaban J connectivity index is 1.60. The first-order chi connectivity index (χ1) is 8.27. The Labute approximate surface area is 99.6 Å². The third-order valence-electron chi connectivity index (χ3n) is 3.92. The maximum absolute atomic E-state index is 11.8. The van der Waals surface area contributed by atoms with Crippen molar-refractivity contribution in [3.8, 4) is 0 Å². The normalized spacial score (nSPS) is 26.5. The fourth-order valence-corrected chi connectivity index (χ4v) is 2.84. The van der Waals surface area contributed by atoms with Gasteiger partial charge in [0.15, 0.2) is 5.69 Å².